The average molecular weight is 278 g/mol. The summed E-state index contributed by atoms with van der Waals surface area (Å²) in [4.78, 5) is 15.1. The Hall–Kier alpha value is -1.83. The van der Waals surface area contributed by atoms with Crippen molar-refractivity contribution in [3.63, 3.8) is 0 Å². The minimum Gasteiger partial charge on any atom is -0.468 e. The number of nitrogens with one attached hydrogen (secondary N) is 1. The Morgan fingerprint density at radius 2 is 2.16 bits per heavy atom. The fraction of sp³-hybridized carbons (Fsp3) is 0.455. The number of nitrogens with zero attached hydrogens (tertiary/aromatic N) is 1. The maximum Gasteiger partial charge on any atom is 0.422 e. The van der Waals surface area contributed by atoms with E-state index in [1.165, 1.54) is 19.2 Å². The minimum absolute atomic E-state index is 0.189. The smallest absolute Gasteiger partial charge is 0.422 e. The van der Waals surface area contributed by atoms with Gasteiger partial charge in [-0.3, -0.25) is 4.79 Å². The topological polar surface area (TPSA) is 60.5 Å². The van der Waals surface area contributed by atoms with Crippen LogP contribution in [0.15, 0.2) is 18.3 Å². The van der Waals surface area contributed by atoms with Gasteiger partial charge in [0.25, 0.3) is 5.91 Å². The third-order valence-corrected chi connectivity index (χ3v) is 1.97. The van der Waals surface area contributed by atoms with E-state index >= 15 is 0 Å². The molecular weight excluding hydrogens is 265 g/mol. The molecule has 1 amide bonds. The van der Waals surface area contributed by atoms with Crippen LogP contribution in [0.5, 0.6) is 5.88 Å². The summed E-state index contributed by atoms with van der Waals surface area (Å²) in [6.07, 6.45) is -3.27. The molecule has 19 heavy (non-hydrogen) atoms. The molecule has 0 aliphatic rings. The Labute approximate surface area is 107 Å². The highest BCUT2D eigenvalue weighted by atomic mass is 19.4. The van der Waals surface area contributed by atoms with E-state index in [-0.39, 0.29) is 17.4 Å². The molecule has 0 bridgehead atoms. The quantitative estimate of drug-likeness (QED) is 0.799. The third-order valence-electron chi connectivity index (χ3n) is 1.97. The molecule has 0 fully saturated rings. The number of carbonyl (C=O) groups is 1. The zero-order chi connectivity index (χ0) is 14.3. The number of carbonyl (C=O) groups excluding carboxylic acids is 1. The van der Waals surface area contributed by atoms with Crippen molar-refractivity contribution in [2.24, 2.45) is 0 Å². The minimum atomic E-state index is -4.42. The van der Waals surface area contributed by atoms with Crippen molar-refractivity contribution < 1.29 is 27.4 Å². The van der Waals surface area contributed by atoms with Gasteiger partial charge >= 0.3 is 6.18 Å². The highest BCUT2D eigenvalue weighted by Gasteiger charge is 2.28. The lowest BCUT2D eigenvalue weighted by Gasteiger charge is -2.08. The first-order valence-corrected chi connectivity index (χ1v) is 5.35. The fourth-order valence-electron chi connectivity index (χ4n) is 1.12. The number of alkyl halides is 3. The number of methoxy groups -OCH3 is 1. The first kappa shape index (κ1) is 15.2. The van der Waals surface area contributed by atoms with Crippen LogP contribution in [-0.4, -0.2) is 43.9 Å². The van der Waals surface area contributed by atoms with Gasteiger partial charge in [0, 0.05) is 25.9 Å². The monoisotopic (exact) mass is 278 g/mol. The van der Waals surface area contributed by atoms with Crippen LogP contribution in [0.1, 0.15) is 10.4 Å². The van der Waals surface area contributed by atoms with Crippen LogP contribution < -0.4 is 10.1 Å². The van der Waals surface area contributed by atoms with E-state index in [2.05, 4.69) is 15.0 Å². The molecule has 1 aromatic heterocycles. The van der Waals surface area contributed by atoms with Gasteiger partial charge in [0.1, 0.15) is 0 Å². The molecule has 0 aliphatic heterocycles. The molecular formula is C11H13F3N2O3. The number of aromatic nitrogens is 1. The van der Waals surface area contributed by atoms with Crippen molar-refractivity contribution >= 4 is 5.91 Å². The molecule has 0 aliphatic carbocycles. The van der Waals surface area contributed by atoms with Crippen molar-refractivity contribution in [2.45, 2.75) is 6.18 Å². The van der Waals surface area contributed by atoms with Crippen molar-refractivity contribution in [3.8, 4) is 5.88 Å². The van der Waals surface area contributed by atoms with E-state index in [0.717, 1.165) is 6.20 Å². The summed E-state index contributed by atoms with van der Waals surface area (Å²) in [5.74, 6) is -0.572. The van der Waals surface area contributed by atoms with Gasteiger partial charge in [-0.15, -0.1) is 0 Å². The molecule has 1 N–H and O–H groups in total. The second-order valence-electron chi connectivity index (χ2n) is 3.54. The molecule has 0 saturated heterocycles. The lowest BCUT2D eigenvalue weighted by atomic mass is 10.2. The van der Waals surface area contributed by atoms with Gasteiger partial charge in [-0.1, -0.05) is 0 Å². The molecule has 0 radical (unpaired) electrons. The largest absolute Gasteiger partial charge is 0.468 e. The van der Waals surface area contributed by atoms with Crippen LogP contribution in [-0.2, 0) is 4.74 Å². The van der Waals surface area contributed by atoms with E-state index in [4.69, 9.17) is 4.74 Å². The number of hydrogen-bond acceptors (Lipinski definition) is 4. The van der Waals surface area contributed by atoms with Gasteiger partial charge in [-0.2, -0.15) is 13.2 Å². The third kappa shape index (κ3) is 6.05. The molecule has 1 heterocycles. The van der Waals surface area contributed by atoms with Gasteiger partial charge in [-0.05, 0) is 6.07 Å². The summed E-state index contributed by atoms with van der Waals surface area (Å²) in [6, 6.07) is 2.54. The predicted octanol–water partition coefficient (Wildman–Crippen LogP) is 1.40. The number of halogens is 3. The molecule has 106 valence electrons. The van der Waals surface area contributed by atoms with Crippen molar-refractivity contribution in [1.82, 2.24) is 10.3 Å². The predicted molar refractivity (Wildman–Crippen MR) is 60.0 cm³/mol. The fourth-order valence-corrected chi connectivity index (χ4v) is 1.12. The van der Waals surface area contributed by atoms with Crippen molar-refractivity contribution in [2.75, 3.05) is 26.9 Å². The normalized spacial score (nSPS) is 11.2. The van der Waals surface area contributed by atoms with Gasteiger partial charge in [-0.25, -0.2) is 4.98 Å². The van der Waals surface area contributed by atoms with Crippen LogP contribution in [0.3, 0.4) is 0 Å². The molecule has 0 aromatic carbocycles. The first-order valence-electron chi connectivity index (χ1n) is 5.35. The van der Waals surface area contributed by atoms with Crippen LogP contribution in [0.2, 0.25) is 0 Å². The molecule has 1 aromatic rings. The van der Waals surface area contributed by atoms with Gasteiger partial charge < -0.3 is 14.8 Å². The molecule has 0 spiro atoms. The number of hydrogen-bond donors (Lipinski definition) is 1. The summed E-state index contributed by atoms with van der Waals surface area (Å²) in [5.41, 5.74) is 0.232. The maximum atomic E-state index is 11.9. The lowest BCUT2D eigenvalue weighted by Crippen LogP contribution is -2.27. The van der Waals surface area contributed by atoms with Crippen LogP contribution in [0.25, 0.3) is 0 Å². The molecule has 0 atom stereocenters. The lowest BCUT2D eigenvalue weighted by molar-refractivity contribution is -0.154. The molecule has 0 unspecified atom stereocenters. The van der Waals surface area contributed by atoms with E-state index in [1.54, 1.807) is 0 Å². The maximum absolute atomic E-state index is 11.9. The Balaban J connectivity index is 2.49. The Morgan fingerprint density at radius 1 is 1.42 bits per heavy atom. The van der Waals surface area contributed by atoms with Crippen LogP contribution >= 0.6 is 0 Å². The molecule has 0 saturated carbocycles. The first-order chi connectivity index (χ1) is 8.92. The second-order valence-corrected chi connectivity index (χ2v) is 3.54. The molecule has 1 rings (SSSR count). The van der Waals surface area contributed by atoms with E-state index in [1.807, 2.05) is 0 Å². The van der Waals surface area contributed by atoms with Gasteiger partial charge in [0.2, 0.25) is 5.88 Å². The van der Waals surface area contributed by atoms with E-state index < -0.39 is 12.8 Å². The molecule has 5 nitrogen and oxygen atoms in total. The summed E-state index contributed by atoms with van der Waals surface area (Å²) in [6.45, 7) is -0.715. The van der Waals surface area contributed by atoms with E-state index in [0.29, 0.717) is 13.2 Å². The van der Waals surface area contributed by atoms with Crippen molar-refractivity contribution in [1.29, 1.82) is 0 Å². The standard InChI is InChI=1S/C11H13F3N2O3/c1-18-5-4-15-10(17)8-2-3-9(16-6-8)19-7-11(12,13)14/h2-3,6H,4-5,7H2,1H3,(H,15,17). The van der Waals surface area contributed by atoms with Crippen LogP contribution in [0, 0.1) is 0 Å². The zero-order valence-electron chi connectivity index (χ0n) is 10.2. The van der Waals surface area contributed by atoms with Gasteiger partial charge in [0.15, 0.2) is 6.61 Å². The van der Waals surface area contributed by atoms with E-state index in [9.17, 15) is 18.0 Å². The van der Waals surface area contributed by atoms with Gasteiger partial charge in [0.05, 0.1) is 12.2 Å². The Bertz CT molecular complexity index is 407. The number of amides is 1. The summed E-state index contributed by atoms with van der Waals surface area (Å²) >= 11 is 0. The van der Waals surface area contributed by atoms with Crippen LogP contribution in [0.4, 0.5) is 13.2 Å². The summed E-state index contributed by atoms with van der Waals surface area (Å²) < 4.78 is 44.8. The number of rotatable bonds is 6. The Morgan fingerprint density at radius 3 is 2.68 bits per heavy atom. The van der Waals surface area contributed by atoms with Crippen molar-refractivity contribution in [3.05, 3.63) is 23.9 Å². The molecule has 8 heteroatoms. The highest BCUT2D eigenvalue weighted by Crippen LogP contribution is 2.16. The Kier molecular flexibility index (Phi) is 5.56. The number of pyridine rings is 1. The summed E-state index contributed by atoms with van der Waals surface area (Å²) in [7, 11) is 1.50. The average Bonchev–Trinajstić information content (AvgIpc) is 2.36. The summed E-state index contributed by atoms with van der Waals surface area (Å²) in [5, 5.41) is 2.55. The second kappa shape index (κ2) is 6.93. The SMILES string of the molecule is COCCNC(=O)c1ccc(OCC(F)(F)F)nc1. The zero-order valence-corrected chi connectivity index (χ0v) is 10.2. The number of ether oxygens (including phenoxy) is 2. The highest BCUT2D eigenvalue weighted by molar-refractivity contribution is 5.93.